The van der Waals surface area contributed by atoms with E-state index in [9.17, 15) is 0 Å². The van der Waals surface area contributed by atoms with Gasteiger partial charge in [-0.15, -0.1) is 0 Å². The molecule has 0 saturated heterocycles. The zero-order valence-electron chi connectivity index (χ0n) is 11.7. The van der Waals surface area contributed by atoms with Crippen molar-refractivity contribution >= 4 is 11.6 Å². The van der Waals surface area contributed by atoms with Crippen LogP contribution in [-0.4, -0.2) is 22.6 Å². The second-order valence-corrected chi connectivity index (χ2v) is 5.25. The normalized spacial score (nSPS) is 22.4. The Kier molecular flexibility index (Phi) is 4.39. The van der Waals surface area contributed by atoms with E-state index in [2.05, 4.69) is 41.4 Å². The molecule has 0 radical (unpaired) electrons. The van der Waals surface area contributed by atoms with E-state index in [4.69, 9.17) is 0 Å². The largest absolute Gasteiger partial charge is 0.370 e. The van der Waals surface area contributed by atoms with E-state index in [0.717, 1.165) is 36.9 Å². The molecule has 1 aliphatic rings. The van der Waals surface area contributed by atoms with E-state index in [1.165, 1.54) is 18.4 Å². The minimum atomic E-state index is 0.597. The molecule has 1 aromatic heterocycles. The van der Waals surface area contributed by atoms with Crippen LogP contribution in [-0.2, 0) is 6.42 Å². The fourth-order valence-corrected chi connectivity index (χ4v) is 2.56. The summed E-state index contributed by atoms with van der Waals surface area (Å²) in [4.78, 5) is 8.78. The highest BCUT2D eigenvalue weighted by atomic mass is 15.1. The minimum absolute atomic E-state index is 0.597. The predicted molar refractivity (Wildman–Crippen MR) is 76.0 cm³/mol. The summed E-state index contributed by atoms with van der Waals surface area (Å²) in [7, 11) is 0. The van der Waals surface area contributed by atoms with Gasteiger partial charge in [-0.3, -0.25) is 0 Å². The maximum Gasteiger partial charge on any atom is 0.134 e. The number of nitrogens with one attached hydrogen (secondary N) is 2. The summed E-state index contributed by atoms with van der Waals surface area (Å²) in [5.74, 6) is 2.87. The Labute approximate surface area is 110 Å². The summed E-state index contributed by atoms with van der Waals surface area (Å²) in [6, 6.07) is 0.597. The van der Waals surface area contributed by atoms with Crippen LogP contribution in [0.5, 0.6) is 0 Å². The molecule has 4 heteroatoms. The molecule has 100 valence electrons. The van der Waals surface area contributed by atoms with E-state index in [-0.39, 0.29) is 0 Å². The quantitative estimate of drug-likeness (QED) is 0.812. The van der Waals surface area contributed by atoms with Gasteiger partial charge in [0, 0.05) is 18.2 Å². The third-order valence-corrected chi connectivity index (χ3v) is 3.50. The fourth-order valence-electron chi connectivity index (χ4n) is 2.56. The van der Waals surface area contributed by atoms with Crippen LogP contribution in [0.25, 0.3) is 0 Å². The van der Waals surface area contributed by atoms with E-state index in [1.54, 1.807) is 6.33 Å². The Bertz CT molecular complexity index is 385. The van der Waals surface area contributed by atoms with Crippen molar-refractivity contribution in [1.29, 1.82) is 0 Å². The summed E-state index contributed by atoms with van der Waals surface area (Å²) in [6.45, 7) is 7.49. The second-order valence-electron chi connectivity index (χ2n) is 5.25. The number of hydrogen-bond donors (Lipinski definition) is 2. The monoisotopic (exact) mass is 248 g/mol. The van der Waals surface area contributed by atoms with Crippen LogP contribution in [0.1, 0.15) is 45.6 Å². The van der Waals surface area contributed by atoms with Crippen molar-refractivity contribution < 1.29 is 0 Å². The van der Waals surface area contributed by atoms with Gasteiger partial charge in [-0.1, -0.05) is 20.3 Å². The van der Waals surface area contributed by atoms with Crippen LogP contribution < -0.4 is 10.6 Å². The molecule has 4 nitrogen and oxygen atoms in total. The van der Waals surface area contributed by atoms with Gasteiger partial charge in [-0.05, 0) is 32.1 Å². The van der Waals surface area contributed by atoms with Crippen molar-refractivity contribution in [3.05, 3.63) is 11.9 Å². The summed E-state index contributed by atoms with van der Waals surface area (Å²) in [5, 5.41) is 6.90. The van der Waals surface area contributed by atoms with Gasteiger partial charge in [0.25, 0.3) is 0 Å². The molecule has 0 aromatic carbocycles. The highest BCUT2D eigenvalue weighted by molar-refractivity contribution is 5.58. The molecule has 1 saturated carbocycles. The van der Waals surface area contributed by atoms with Crippen molar-refractivity contribution in [2.24, 2.45) is 5.92 Å². The van der Waals surface area contributed by atoms with Gasteiger partial charge >= 0.3 is 0 Å². The Hall–Kier alpha value is -1.32. The maximum absolute atomic E-state index is 4.42. The second kappa shape index (κ2) is 6.03. The SMILES string of the molecule is CCCc1c(NCC)ncnc1NC1CC(C)C1. The fraction of sp³-hybridized carbons (Fsp3) is 0.714. The topological polar surface area (TPSA) is 49.8 Å². The maximum atomic E-state index is 4.42. The van der Waals surface area contributed by atoms with Gasteiger partial charge in [-0.2, -0.15) is 0 Å². The molecule has 0 atom stereocenters. The zero-order chi connectivity index (χ0) is 13.0. The van der Waals surface area contributed by atoms with Gasteiger partial charge in [-0.25, -0.2) is 9.97 Å². The Morgan fingerprint density at radius 1 is 1.22 bits per heavy atom. The molecular weight excluding hydrogens is 224 g/mol. The lowest BCUT2D eigenvalue weighted by atomic mass is 9.82. The van der Waals surface area contributed by atoms with E-state index >= 15 is 0 Å². The summed E-state index contributed by atoms with van der Waals surface area (Å²) in [5.41, 5.74) is 1.24. The first-order chi connectivity index (χ1) is 8.74. The standard InChI is InChI=1S/C14H24N4/c1-4-6-12-13(15-5-2)16-9-17-14(12)18-11-7-10(3)8-11/h9-11H,4-8H2,1-3H3,(H2,15,16,17,18). The van der Waals surface area contributed by atoms with Crippen LogP contribution in [0.2, 0.25) is 0 Å². The highest BCUT2D eigenvalue weighted by Crippen LogP contribution is 2.31. The highest BCUT2D eigenvalue weighted by Gasteiger charge is 2.26. The zero-order valence-corrected chi connectivity index (χ0v) is 11.7. The Morgan fingerprint density at radius 3 is 2.56 bits per heavy atom. The molecule has 2 rings (SSSR count). The van der Waals surface area contributed by atoms with Gasteiger partial charge in [0.15, 0.2) is 0 Å². The Morgan fingerprint density at radius 2 is 1.94 bits per heavy atom. The predicted octanol–water partition coefficient (Wildman–Crippen LogP) is 3.07. The lowest BCUT2D eigenvalue weighted by molar-refractivity contribution is 0.308. The summed E-state index contributed by atoms with van der Waals surface area (Å²) >= 11 is 0. The lowest BCUT2D eigenvalue weighted by Gasteiger charge is -2.34. The first-order valence-electron chi connectivity index (χ1n) is 7.08. The molecule has 2 N–H and O–H groups in total. The molecule has 0 spiro atoms. The van der Waals surface area contributed by atoms with E-state index in [0.29, 0.717) is 6.04 Å². The first kappa shape index (κ1) is 13.1. The van der Waals surface area contributed by atoms with E-state index < -0.39 is 0 Å². The first-order valence-corrected chi connectivity index (χ1v) is 7.08. The van der Waals surface area contributed by atoms with Crippen LogP contribution in [0, 0.1) is 5.92 Å². The molecule has 0 unspecified atom stereocenters. The molecule has 0 amide bonds. The summed E-state index contributed by atoms with van der Waals surface area (Å²) < 4.78 is 0. The molecule has 1 aromatic rings. The molecule has 1 aliphatic carbocycles. The van der Waals surface area contributed by atoms with Crippen molar-refractivity contribution in [2.45, 2.75) is 52.5 Å². The van der Waals surface area contributed by atoms with Gasteiger partial charge < -0.3 is 10.6 Å². The average molecular weight is 248 g/mol. The van der Waals surface area contributed by atoms with Crippen molar-refractivity contribution in [3.63, 3.8) is 0 Å². The number of anilines is 2. The molecular formula is C14H24N4. The van der Waals surface area contributed by atoms with Gasteiger partial charge in [0.1, 0.15) is 18.0 Å². The molecule has 0 bridgehead atoms. The lowest BCUT2D eigenvalue weighted by Crippen LogP contribution is -2.34. The number of rotatable bonds is 6. The van der Waals surface area contributed by atoms with Crippen LogP contribution >= 0.6 is 0 Å². The minimum Gasteiger partial charge on any atom is -0.370 e. The molecule has 1 heterocycles. The number of nitrogens with zero attached hydrogens (tertiary/aromatic N) is 2. The third kappa shape index (κ3) is 2.92. The van der Waals surface area contributed by atoms with Crippen molar-refractivity contribution in [3.8, 4) is 0 Å². The smallest absolute Gasteiger partial charge is 0.134 e. The third-order valence-electron chi connectivity index (χ3n) is 3.50. The molecule has 18 heavy (non-hydrogen) atoms. The van der Waals surface area contributed by atoms with Gasteiger partial charge in [0.05, 0.1) is 0 Å². The van der Waals surface area contributed by atoms with Crippen molar-refractivity contribution in [1.82, 2.24) is 9.97 Å². The van der Waals surface area contributed by atoms with Gasteiger partial charge in [0.2, 0.25) is 0 Å². The van der Waals surface area contributed by atoms with Crippen molar-refractivity contribution in [2.75, 3.05) is 17.2 Å². The number of hydrogen-bond acceptors (Lipinski definition) is 4. The molecule has 0 aliphatic heterocycles. The van der Waals surface area contributed by atoms with E-state index in [1.807, 2.05) is 0 Å². The molecule has 1 fully saturated rings. The van der Waals surface area contributed by atoms with Crippen LogP contribution in [0.4, 0.5) is 11.6 Å². The average Bonchev–Trinajstić information content (AvgIpc) is 2.31. The van der Waals surface area contributed by atoms with Crippen LogP contribution in [0.15, 0.2) is 6.33 Å². The number of aromatic nitrogens is 2. The Balaban J connectivity index is 2.13. The van der Waals surface area contributed by atoms with Crippen LogP contribution in [0.3, 0.4) is 0 Å². The summed E-state index contributed by atoms with van der Waals surface area (Å²) in [6.07, 6.45) is 6.30.